The van der Waals surface area contributed by atoms with Crippen LogP contribution in [-0.4, -0.2) is 34.1 Å². The fourth-order valence-corrected chi connectivity index (χ4v) is 3.23. The number of benzene rings is 2. The van der Waals surface area contributed by atoms with Gasteiger partial charge < -0.3 is 10.1 Å². The van der Waals surface area contributed by atoms with Crippen molar-refractivity contribution in [3.63, 3.8) is 0 Å². The van der Waals surface area contributed by atoms with Crippen LogP contribution in [0.1, 0.15) is 12.5 Å². The number of hydrogen-bond donors (Lipinski definition) is 3. The van der Waals surface area contributed by atoms with Crippen LogP contribution in [0.2, 0.25) is 0 Å². The van der Waals surface area contributed by atoms with Crippen LogP contribution in [0, 0.1) is 0 Å². The minimum absolute atomic E-state index is 0.164. The van der Waals surface area contributed by atoms with Gasteiger partial charge in [-0.2, -0.15) is 0 Å². The van der Waals surface area contributed by atoms with Gasteiger partial charge in [-0.05, 0) is 48.0 Å². The summed E-state index contributed by atoms with van der Waals surface area (Å²) in [5.74, 6) is -0.349. The summed E-state index contributed by atoms with van der Waals surface area (Å²) in [6.45, 7) is 2.01. The normalized spacial score (nSPS) is 11.2. The van der Waals surface area contributed by atoms with Gasteiger partial charge in [0.05, 0.1) is 12.0 Å². The third-order valence-electron chi connectivity index (χ3n) is 3.54. The summed E-state index contributed by atoms with van der Waals surface area (Å²) in [4.78, 5) is 23.3. The molecule has 0 aliphatic carbocycles. The van der Waals surface area contributed by atoms with Crippen molar-refractivity contribution in [3.05, 3.63) is 60.2 Å². The number of anilines is 2. The maximum Gasteiger partial charge on any atom is 0.411 e. The number of rotatable bonds is 7. The molecule has 2 aromatic rings. The second-order valence-corrected chi connectivity index (χ2v) is 7.35. The number of amides is 2. The van der Waals surface area contributed by atoms with E-state index in [2.05, 4.69) is 20.1 Å². The van der Waals surface area contributed by atoms with Crippen LogP contribution in [0.25, 0.3) is 6.08 Å². The number of methoxy groups -OCH3 is 1. The molecule has 8 nitrogen and oxygen atoms in total. The van der Waals surface area contributed by atoms with E-state index in [4.69, 9.17) is 0 Å². The molecular formula is C19H21N3O5S. The predicted molar refractivity (Wildman–Crippen MR) is 107 cm³/mol. The Hall–Kier alpha value is -3.17. The Balaban J connectivity index is 1.95. The van der Waals surface area contributed by atoms with E-state index in [1.807, 2.05) is 0 Å². The zero-order chi connectivity index (χ0) is 20.6. The molecule has 148 valence electrons. The lowest BCUT2D eigenvalue weighted by Crippen LogP contribution is -2.22. The lowest BCUT2D eigenvalue weighted by Gasteiger charge is -2.06. The molecule has 28 heavy (non-hydrogen) atoms. The lowest BCUT2D eigenvalue weighted by molar-refractivity contribution is -0.111. The van der Waals surface area contributed by atoms with Crippen LogP contribution in [0.15, 0.2) is 59.5 Å². The van der Waals surface area contributed by atoms with Crippen molar-refractivity contribution in [3.8, 4) is 0 Å². The van der Waals surface area contributed by atoms with Gasteiger partial charge in [0, 0.05) is 24.0 Å². The van der Waals surface area contributed by atoms with Gasteiger partial charge in [0.2, 0.25) is 15.9 Å². The maximum atomic E-state index is 12.0. The molecule has 0 saturated heterocycles. The van der Waals surface area contributed by atoms with Crippen molar-refractivity contribution in [2.75, 3.05) is 24.3 Å². The minimum atomic E-state index is -3.50. The van der Waals surface area contributed by atoms with E-state index in [0.29, 0.717) is 23.5 Å². The average molecular weight is 403 g/mol. The lowest BCUT2D eigenvalue weighted by atomic mass is 10.2. The number of nitrogens with one attached hydrogen (secondary N) is 3. The molecule has 0 radical (unpaired) electrons. The monoisotopic (exact) mass is 403 g/mol. The fraction of sp³-hybridized carbons (Fsp3) is 0.158. The van der Waals surface area contributed by atoms with E-state index in [1.165, 1.54) is 25.3 Å². The van der Waals surface area contributed by atoms with Crippen LogP contribution in [0.3, 0.4) is 0 Å². The van der Waals surface area contributed by atoms with Gasteiger partial charge in [0.15, 0.2) is 0 Å². The smallest absolute Gasteiger partial charge is 0.411 e. The highest BCUT2D eigenvalue weighted by Gasteiger charge is 2.11. The molecule has 0 atom stereocenters. The van der Waals surface area contributed by atoms with E-state index in [-0.39, 0.29) is 10.8 Å². The van der Waals surface area contributed by atoms with Crippen LogP contribution in [-0.2, 0) is 19.6 Å². The SMILES string of the molecule is CCNS(=O)(=O)c1ccc(C=CC(=O)Nc2ccc(NC(=O)OC)cc2)cc1. The third kappa shape index (κ3) is 6.22. The van der Waals surface area contributed by atoms with Crippen molar-refractivity contribution >= 4 is 39.5 Å². The summed E-state index contributed by atoms with van der Waals surface area (Å²) in [7, 11) is -2.23. The summed E-state index contributed by atoms with van der Waals surface area (Å²) in [6, 6.07) is 12.7. The van der Waals surface area contributed by atoms with Crippen LogP contribution in [0.4, 0.5) is 16.2 Å². The van der Waals surface area contributed by atoms with E-state index in [1.54, 1.807) is 49.4 Å². The Morgan fingerprint density at radius 2 is 1.54 bits per heavy atom. The first-order valence-corrected chi connectivity index (χ1v) is 9.86. The molecule has 0 saturated carbocycles. The minimum Gasteiger partial charge on any atom is -0.453 e. The number of hydrogen-bond acceptors (Lipinski definition) is 5. The molecule has 0 heterocycles. The van der Waals surface area contributed by atoms with Gasteiger partial charge in [-0.3, -0.25) is 10.1 Å². The quantitative estimate of drug-likeness (QED) is 0.615. The molecule has 0 bridgehead atoms. The summed E-state index contributed by atoms with van der Waals surface area (Å²) >= 11 is 0. The van der Waals surface area contributed by atoms with Crippen molar-refractivity contribution in [1.82, 2.24) is 4.72 Å². The van der Waals surface area contributed by atoms with Crippen LogP contribution in [0.5, 0.6) is 0 Å². The standard InChI is InChI=1S/C19H21N3O5S/c1-3-20-28(25,26)17-11-4-14(5-12-17)6-13-18(23)21-15-7-9-16(10-8-15)22-19(24)27-2/h4-13,20H,3H2,1-2H3,(H,21,23)(H,22,24). The molecule has 2 aromatic carbocycles. The second kappa shape index (κ2) is 9.67. The number of ether oxygens (including phenoxy) is 1. The zero-order valence-corrected chi connectivity index (χ0v) is 16.2. The van der Waals surface area contributed by atoms with Crippen molar-refractivity contribution < 1.29 is 22.7 Å². The Bertz CT molecular complexity index is 952. The summed E-state index contributed by atoms with van der Waals surface area (Å²) < 4.78 is 30.7. The molecule has 3 N–H and O–H groups in total. The van der Waals surface area contributed by atoms with E-state index < -0.39 is 16.1 Å². The third-order valence-corrected chi connectivity index (χ3v) is 5.10. The predicted octanol–water partition coefficient (Wildman–Crippen LogP) is 2.82. The molecule has 2 amide bonds. The molecule has 2 rings (SSSR count). The Morgan fingerprint density at radius 1 is 0.964 bits per heavy atom. The maximum absolute atomic E-state index is 12.0. The van der Waals surface area contributed by atoms with Crippen LogP contribution >= 0.6 is 0 Å². The highest BCUT2D eigenvalue weighted by atomic mass is 32.2. The molecule has 0 unspecified atom stereocenters. The highest BCUT2D eigenvalue weighted by molar-refractivity contribution is 7.89. The topological polar surface area (TPSA) is 114 Å². The largest absolute Gasteiger partial charge is 0.453 e. The first-order valence-electron chi connectivity index (χ1n) is 8.38. The molecule has 0 aromatic heterocycles. The van der Waals surface area contributed by atoms with E-state index in [9.17, 15) is 18.0 Å². The summed E-state index contributed by atoms with van der Waals surface area (Å²) in [5, 5.41) is 5.19. The van der Waals surface area contributed by atoms with Crippen molar-refractivity contribution in [1.29, 1.82) is 0 Å². The molecule has 0 spiro atoms. The van der Waals surface area contributed by atoms with Crippen LogP contribution < -0.4 is 15.4 Å². The van der Waals surface area contributed by atoms with Gasteiger partial charge in [-0.1, -0.05) is 19.1 Å². The molecule has 0 fully saturated rings. The molecular weight excluding hydrogens is 382 g/mol. The van der Waals surface area contributed by atoms with Gasteiger partial charge in [-0.25, -0.2) is 17.9 Å². The van der Waals surface area contributed by atoms with E-state index in [0.717, 1.165) is 0 Å². The molecule has 0 aliphatic heterocycles. The van der Waals surface area contributed by atoms with Gasteiger partial charge in [0.1, 0.15) is 0 Å². The molecule has 0 aliphatic rings. The van der Waals surface area contributed by atoms with Gasteiger partial charge in [-0.15, -0.1) is 0 Å². The van der Waals surface area contributed by atoms with E-state index >= 15 is 0 Å². The fourth-order valence-electron chi connectivity index (χ4n) is 2.19. The highest BCUT2D eigenvalue weighted by Crippen LogP contribution is 2.14. The second-order valence-electron chi connectivity index (χ2n) is 5.59. The van der Waals surface area contributed by atoms with Gasteiger partial charge in [0.25, 0.3) is 0 Å². The summed E-state index contributed by atoms with van der Waals surface area (Å²) in [6.07, 6.45) is 2.34. The summed E-state index contributed by atoms with van der Waals surface area (Å²) in [5.41, 5.74) is 1.77. The van der Waals surface area contributed by atoms with Gasteiger partial charge >= 0.3 is 6.09 Å². The average Bonchev–Trinajstić information content (AvgIpc) is 2.68. The van der Waals surface area contributed by atoms with Crippen molar-refractivity contribution in [2.45, 2.75) is 11.8 Å². The molecule has 9 heteroatoms. The first kappa shape index (κ1) is 21.1. The number of sulfonamides is 1. The Morgan fingerprint density at radius 3 is 2.07 bits per heavy atom. The Kier molecular flexibility index (Phi) is 7.30. The van der Waals surface area contributed by atoms with Crippen molar-refractivity contribution in [2.24, 2.45) is 0 Å². The first-order chi connectivity index (χ1) is 13.3. The Labute approximate surface area is 163 Å². The number of carbonyl (C=O) groups is 2. The number of carbonyl (C=O) groups excluding carboxylic acids is 2. The zero-order valence-electron chi connectivity index (χ0n) is 15.4.